The summed E-state index contributed by atoms with van der Waals surface area (Å²) in [6, 6.07) is 9.27. The number of nitrogens with zero attached hydrogens (tertiary/aromatic N) is 2. The fraction of sp³-hybridized carbons (Fsp3) is 0.273. The molecule has 0 radical (unpaired) electrons. The average Bonchev–Trinajstić information content (AvgIpc) is 2.78. The number of halogens is 4. The highest BCUT2D eigenvalue weighted by Crippen LogP contribution is 2.37. The van der Waals surface area contributed by atoms with Crippen LogP contribution in [0.4, 0.5) is 18.9 Å². The molecule has 35 heavy (non-hydrogen) atoms. The Kier molecular flexibility index (Phi) is 7.65. The Morgan fingerprint density at radius 2 is 1.89 bits per heavy atom. The first-order valence-corrected chi connectivity index (χ1v) is 12.0. The predicted molar refractivity (Wildman–Crippen MR) is 124 cm³/mol. The summed E-state index contributed by atoms with van der Waals surface area (Å²) in [4.78, 5) is 17.3. The van der Waals surface area contributed by atoms with E-state index >= 15 is 0 Å². The Morgan fingerprint density at radius 1 is 1.20 bits per heavy atom. The summed E-state index contributed by atoms with van der Waals surface area (Å²) in [7, 11) is -2.55. The summed E-state index contributed by atoms with van der Waals surface area (Å²) in [5.41, 5.74) is -0.639. The molecule has 1 amide bonds. The van der Waals surface area contributed by atoms with Crippen LogP contribution in [0.2, 0.25) is 5.02 Å². The van der Waals surface area contributed by atoms with Crippen molar-refractivity contribution < 1.29 is 36.0 Å². The third kappa shape index (κ3) is 5.54. The number of hydrogen-bond acceptors (Lipinski definition) is 6. The van der Waals surface area contributed by atoms with Gasteiger partial charge in [0.05, 0.1) is 22.1 Å². The zero-order valence-electron chi connectivity index (χ0n) is 18.8. The van der Waals surface area contributed by atoms with Crippen LogP contribution in [0.3, 0.4) is 0 Å². The van der Waals surface area contributed by atoms with Crippen LogP contribution in [0.25, 0.3) is 5.76 Å². The molecule has 0 saturated heterocycles. The molecule has 1 aliphatic heterocycles. The van der Waals surface area contributed by atoms with Crippen molar-refractivity contribution in [3.8, 4) is 0 Å². The highest BCUT2D eigenvalue weighted by molar-refractivity contribution is 7.89. The van der Waals surface area contributed by atoms with Gasteiger partial charge in [-0.15, -0.1) is 0 Å². The van der Waals surface area contributed by atoms with Crippen LogP contribution in [-0.2, 0) is 30.6 Å². The number of anilines is 1. The maximum Gasteiger partial charge on any atom is 0.417 e. The highest BCUT2D eigenvalue weighted by Gasteiger charge is 2.37. The van der Waals surface area contributed by atoms with Gasteiger partial charge in [-0.25, -0.2) is 8.42 Å². The van der Waals surface area contributed by atoms with Crippen LogP contribution in [0, 0.1) is 0 Å². The standard InChI is InChI=1S/C22H21ClF3N3O5S/c1-4-33-21-15-7-5-6-8-18(15)35(31,32)29(3)20(21)13(2)28-34-12-19(30)27-14-9-10-17(23)16(11-14)22(24,25)26/h5-11H,4,12H2,1-3H3,(H,27,30)/b28-13+. The van der Waals surface area contributed by atoms with Gasteiger partial charge >= 0.3 is 6.18 Å². The average molecular weight is 532 g/mol. The summed E-state index contributed by atoms with van der Waals surface area (Å²) in [6.45, 7) is 2.82. The molecule has 3 rings (SSSR count). The summed E-state index contributed by atoms with van der Waals surface area (Å²) >= 11 is 5.57. The lowest BCUT2D eigenvalue weighted by Gasteiger charge is -2.30. The van der Waals surface area contributed by atoms with Crippen molar-refractivity contribution in [2.75, 3.05) is 25.6 Å². The summed E-state index contributed by atoms with van der Waals surface area (Å²) in [5, 5.41) is 5.60. The molecule has 0 unspecified atom stereocenters. The molecule has 13 heteroatoms. The summed E-state index contributed by atoms with van der Waals surface area (Å²) in [5.74, 6) is -0.512. The molecule has 2 aromatic rings. The lowest BCUT2D eigenvalue weighted by atomic mass is 10.1. The van der Waals surface area contributed by atoms with Crippen molar-refractivity contribution in [3.63, 3.8) is 0 Å². The summed E-state index contributed by atoms with van der Waals surface area (Å²) in [6.07, 6.45) is -4.69. The first kappa shape index (κ1) is 26.4. The quantitative estimate of drug-likeness (QED) is 0.411. The first-order chi connectivity index (χ1) is 16.4. The minimum absolute atomic E-state index is 0.0731. The number of carbonyl (C=O) groups excluding carboxylic acids is 1. The molecule has 0 saturated carbocycles. The van der Waals surface area contributed by atoms with Crippen molar-refractivity contribution in [1.82, 2.24) is 4.31 Å². The number of carbonyl (C=O) groups is 1. The van der Waals surface area contributed by atoms with Gasteiger partial charge in [-0.3, -0.25) is 9.10 Å². The molecular weight excluding hydrogens is 511 g/mol. The lowest BCUT2D eigenvalue weighted by molar-refractivity contribution is -0.137. The van der Waals surface area contributed by atoms with Gasteiger partial charge in [-0.2, -0.15) is 13.2 Å². The van der Waals surface area contributed by atoms with E-state index in [4.69, 9.17) is 21.2 Å². The number of oxime groups is 1. The maximum atomic E-state index is 13.0. The monoisotopic (exact) mass is 531 g/mol. The van der Waals surface area contributed by atoms with E-state index in [1.165, 1.54) is 26.1 Å². The maximum absolute atomic E-state index is 13.0. The third-order valence-electron chi connectivity index (χ3n) is 4.88. The second-order valence-electron chi connectivity index (χ2n) is 7.27. The zero-order valence-corrected chi connectivity index (χ0v) is 20.4. The van der Waals surface area contributed by atoms with E-state index in [0.717, 1.165) is 10.4 Å². The second kappa shape index (κ2) is 10.2. The zero-order chi connectivity index (χ0) is 26.0. The molecule has 1 aliphatic rings. The highest BCUT2D eigenvalue weighted by atomic mass is 35.5. The van der Waals surface area contributed by atoms with Gasteiger partial charge in [0.15, 0.2) is 12.4 Å². The topological polar surface area (TPSA) is 97.3 Å². The van der Waals surface area contributed by atoms with Crippen molar-refractivity contribution in [2.24, 2.45) is 5.16 Å². The first-order valence-electron chi connectivity index (χ1n) is 10.2. The molecule has 2 aromatic carbocycles. The minimum atomic E-state index is -4.69. The van der Waals surface area contributed by atoms with Gasteiger partial charge in [0.2, 0.25) is 0 Å². The smallest absolute Gasteiger partial charge is 0.417 e. The largest absolute Gasteiger partial charge is 0.491 e. The van der Waals surface area contributed by atoms with Crippen LogP contribution in [0.5, 0.6) is 0 Å². The predicted octanol–water partition coefficient (Wildman–Crippen LogP) is 4.73. The number of nitrogens with one attached hydrogen (secondary N) is 1. The van der Waals surface area contributed by atoms with Crippen molar-refractivity contribution in [1.29, 1.82) is 0 Å². The number of benzene rings is 2. The Morgan fingerprint density at radius 3 is 2.54 bits per heavy atom. The molecule has 0 aliphatic carbocycles. The Labute approximate surface area is 205 Å². The van der Waals surface area contributed by atoms with Gasteiger partial charge in [-0.05, 0) is 44.2 Å². The van der Waals surface area contributed by atoms with E-state index in [0.29, 0.717) is 11.6 Å². The Balaban J connectivity index is 1.80. The number of ether oxygens (including phenoxy) is 1. The number of hydrogen-bond donors (Lipinski definition) is 1. The van der Waals surface area contributed by atoms with Crippen LogP contribution in [0.1, 0.15) is 25.0 Å². The van der Waals surface area contributed by atoms with Gasteiger partial charge in [0.1, 0.15) is 11.4 Å². The van der Waals surface area contributed by atoms with Gasteiger partial charge in [0.25, 0.3) is 15.9 Å². The van der Waals surface area contributed by atoms with Crippen LogP contribution < -0.4 is 5.32 Å². The molecule has 8 nitrogen and oxygen atoms in total. The number of fused-ring (bicyclic) bond motifs is 1. The van der Waals surface area contributed by atoms with E-state index in [2.05, 4.69) is 10.5 Å². The molecule has 0 fully saturated rings. The van der Waals surface area contributed by atoms with Crippen LogP contribution in [0.15, 0.2) is 58.2 Å². The van der Waals surface area contributed by atoms with Crippen LogP contribution in [-0.4, -0.2) is 44.6 Å². The van der Waals surface area contributed by atoms with E-state index < -0.39 is 39.3 Å². The number of allylic oxidation sites excluding steroid dienone is 1. The Bertz CT molecular complexity index is 1310. The number of alkyl halides is 3. The molecule has 0 spiro atoms. The second-order valence-corrected chi connectivity index (χ2v) is 9.62. The molecule has 188 valence electrons. The van der Waals surface area contributed by atoms with Crippen molar-refractivity contribution in [2.45, 2.75) is 24.9 Å². The van der Waals surface area contributed by atoms with Gasteiger partial charge < -0.3 is 14.9 Å². The number of rotatable bonds is 7. The molecule has 1 N–H and O–H groups in total. The number of sulfonamides is 1. The fourth-order valence-corrected chi connectivity index (χ4v) is 5.01. The van der Waals surface area contributed by atoms with E-state index in [-0.39, 0.29) is 34.4 Å². The minimum Gasteiger partial charge on any atom is -0.491 e. The van der Waals surface area contributed by atoms with Crippen molar-refractivity contribution >= 4 is 44.7 Å². The molecule has 0 bridgehead atoms. The molecule has 0 aromatic heterocycles. The van der Waals surface area contributed by atoms with Gasteiger partial charge in [0, 0.05) is 18.3 Å². The normalized spacial score (nSPS) is 15.5. The molecule has 1 heterocycles. The van der Waals surface area contributed by atoms with Crippen LogP contribution >= 0.6 is 11.6 Å². The Hall–Kier alpha value is -3.25. The van der Waals surface area contributed by atoms with E-state index in [1.54, 1.807) is 25.1 Å². The van der Waals surface area contributed by atoms with Gasteiger partial charge in [-0.1, -0.05) is 28.9 Å². The van der Waals surface area contributed by atoms with E-state index in [9.17, 15) is 26.4 Å². The third-order valence-corrected chi connectivity index (χ3v) is 7.03. The molecule has 0 atom stereocenters. The lowest BCUT2D eigenvalue weighted by Crippen LogP contribution is -2.35. The van der Waals surface area contributed by atoms with E-state index in [1.807, 2.05) is 0 Å². The fourth-order valence-electron chi connectivity index (χ4n) is 3.35. The van der Waals surface area contributed by atoms with Crippen molar-refractivity contribution in [3.05, 3.63) is 64.3 Å². The molecular formula is C22H21ClF3N3O5S. The SMILES string of the molecule is CCOC1=C(/C(C)=N/OCC(=O)Nc2ccc(Cl)c(C(F)(F)F)c2)N(C)S(=O)(=O)c2ccccc21. The number of amides is 1. The summed E-state index contributed by atoms with van der Waals surface area (Å²) < 4.78 is 71.6.